The van der Waals surface area contributed by atoms with Crippen molar-refractivity contribution in [2.45, 2.75) is 33.0 Å². The van der Waals surface area contributed by atoms with E-state index in [2.05, 4.69) is 9.88 Å². The lowest BCUT2D eigenvalue weighted by Gasteiger charge is -2.29. The molecule has 0 atom stereocenters. The number of hydrogen-bond donors (Lipinski definition) is 1. The molecule has 0 aliphatic carbocycles. The quantitative estimate of drug-likeness (QED) is 0.620. The number of nitrogens with zero attached hydrogens (tertiary/aromatic N) is 2. The first-order valence-corrected chi connectivity index (χ1v) is 10.6. The zero-order chi connectivity index (χ0) is 22.5. The summed E-state index contributed by atoms with van der Waals surface area (Å²) in [4.78, 5) is 19.1. The summed E-state index contributed by atoms with van der Waals surface area (Å²) in [6.07, 6.45) is 5.23. The minimum atomic E-state index is -0.167. The molecule has 2 aliphatic rings. The first kappa shape index (κ1) is 21.7. The van der Waals surface area contributed by atoms with Crippen molar-refractivity contribution in [2.75, 3.05) is 6.73 Å². The van der Waals surface area contributed by atoms with E-state index in [1.807, 2.05) is 54.7 Å². The molecule has 32 heavy (non-hydrogen) atoms. The van der Waals surface area contributed by atoms with Crippen molar-refractivity contribution >= 4 is 11.9 Å². The highest BCUT2D eigenvalue weighted by molar-refractivity contribution is 6.15. The summed E-state index contributed by atoms with van der Waals surface area (Å²) in [6.45, 7) is 5.30. The summed E-state index contributed by atoms with van der Waals surface area (Å²) < 4.78 is 11.9. The maximum atomic E-state index is 12.8. The van der Waals surface area contributed by atoms with E-state index in [0.717, 1.165) is 29.0 Å². The lowest BCUT2D eigenvalue weighted by molar-refractivity contribution is 0.0872. The van der Waals surface area contributed by atoms with Crippen molar-refractivity contribution in [3.63, 3.8) is 0 Å². The lowest BCUT2D eigenvalue weighted by atomic mass is 10.0. The van der Waals surface area contributed by atoms with Crippen LogP contribution in [-0.4, -0.2) is 33.6 Å². The molecule has 1 aromatic heterocycles. The predicted molar refractivity (Wildman–Crippen MR) is 122 cm³/mol. The molecule has 2 aromatic carbocycles. The number of pyridine rings is 1. The third-order valence-electron chi connectivity index (χ3n) is 4.91. The van der Waals surface area contributed by atoms with Crippen LogP contribution >= 0.6 is 0 Å². The number of carbonyl (C=O) groups is 1. The molecule has 6 heteroatoms. The van der Waals surface area contributed by atoms with Crippen molar-refractivity contribution in [1.82, 2.24) is 9.88 Å². The van der Waals surface area contributed by atoms with Crippen LogP contribution in [0, 0.1) is 0 Å². The van der Waals surface area contributed by atoms with Crippen LogP contribution in [0.25, 0.3) is 6.08 Å². The molecule has 5 rings (SSSR count). The van der Waals surface area contributed by atoms with Gasteiger partial charge in [-0.15, -0.1) is 0 Å². The number of ketones is 1. The van der Waals surface area contributed by atoms with Gasteiger partial charge in [0.1, 0.15) is 18.2 Å². The second kappa shape index (κ2) is 9.77. The third kappa shape index (κ3) is 5.04. The summed E-state index contributed by atoms with van der Waals surface area (Å²) in [7, 11) is 0. The molecule has 1 N–H and O–H groups in total. The Bertz CT molecular complexity index is 1110. The highest BCUT2D eigenvalue weighted by Gasteiger charge is 2.33. The van der Waals surface area contributed by atoms with Gasteiger partial charge in [0.2, 0.25) is 5.78 Å². The minimum absolute atomic E-state index is 0.0916. The summed E-state index contributed by atoms with van der Waals surface area (Å²) >= 11 is 0. The molecule has 0 unspecified atom stereocenters. The molecule has 3 heterocycles. The van der Waals surface area contributed by atoms with Gasteiger partial charge in [-0.1, -0.05) is 36.4 Å². The predicted octanol–water partition coefficient (Wildman–Crippen LogP) is 4.44. The first-order valence-electron chi connectivity index (χ1n) is 10.6. The van der Waals surface area contributed by atoms with Crippen LogP contribution in [0.1, 0.15) is 40.9 Å². The number of fused-ring (bicyclic) bond motifs is 3. The van der Waals surface area contributed by atoms with Gasteiger partial charge in [0.15, 0.2) is 5.76 Å². The number of hydrogen-bond acceptors (Lipinski definition) is 6. The molecule has 6 nitrogen and oxygen atoms in total. The first-order chi connectivity index (χ1) is 15.5. The highest BCUT2D eigenvalue weighted by Crippen LogP contribution is 2.42. The fourth-order valence-electron chi connectivity index (χ4n) is 3.56. The Morgan fingerprint density at radius 2 is 1.91 bits per heavy atom. The van der Waals surface area contributed by atoms with E-state index in [1.54, 1.807) is 32.2 Å². The van der Waals surface area contributed by atoms with Gasteiger partial charge in [-0.25, -0.2) is 0 Å². The number of aliphatic hydroxyl groups is 1. The van der Waals surface area contributed by atoms with E-state index < -0.39 is 0 Å². The number of rotatable bonds is 3. The van der Waals surface area contributed by atoms with Gasteiger partial charge in [0.25, 0.3) is 0 Å². The van der Waals surface area contributed by atoms with Crippen LogP contribution in [0.5, 0.6) is 11.5 Å². The molecular formula is C26H26N2O4. The second-order valence-electron chi connectivity index (χ2n) is 7.98. The van der Waals surface area contributed by atoms with Crippen LogP contribution in [0.2, 0.25) is 0 Å². The van der Waals surface area contributed by atoms with Gasteiger partial charge in [0, 0.05) is 31.6 Å². The van der Waals surface area contributed by atoms with Crippen LogP contribution in [-0.2, 0) is 13.1 Å². The number of benzene rings is 2. The van der Waals surface area contributed by atoms with Gasteiger partial charge in [-0.2, -0.15) is 0 Å². The molecule has 0 amide bonds. The van der Waals surface area contributed by atoms with Crippen molar-refractivity contribution in [2.24, 2.45) is 0 Å². The highest BCUT2D eigenvalue weighted by atomic mass is 16.5. The number of aromatic nitrogens is 1. The summed E-state index contributed by atoms with van der Waals surface area (Å²) in [6, 6.07) is 17.3. The largest absolute Gasteiger partial charge is 0.478 e. The summed E-state index contributed by atoms with van der Waals surface area (Å²) in [5.74, 6) is 1.64. The number of carbonyl (C=O) groups excluding carboxylic acids is 1. The lowest BCUT2D eigenvalue weighted by Crippen LogP contribution is -2.31. The average molecular weight is 431 g/mol. The van der Waals surface area contributed by atoms with Crippen molar-refractivity contribution in [1.29, 1.82) is 0 Å². The fraction of sp³-hybridized carbons (Fsp3) is 0.231. The van der Waals surface area contributed by atoms with E-state index in [4.69, 9.17) is 14.6 Å². The Kier molecular flexibility index (Phi) is 6.63. The second-order valence-corrected chi connectivity index (χ2v) is 7.98. The standard InChI is InChI=1S/C23H18N2O3.C3H8O/c26-22-18-8-9-20-19(14-25(15-27-20)13-17-7-4-10-24-12-17)23(18)28-21(22)11-16-5-2-1-3-6-16;1-3(2)4/h1-12H,13-15H2;3-4H,1-2H3. The monoisotopic (exact) mass is 430 g/mol. The normalized spacial score (nSPS) is 16.0. The Labute approximate surface area is 187 Å². The Hall–Kier alpha value is -3.48. The zero-order valence-electron chi connectivity index (χ0n) is 18.2. The zero-order valence-corrected chi connectivity index (χ0v) is 18.2. The van der Waals surface area contributed by atoms with Crippen molar-refractivity contribution in [3.05, 3.63) is 95.0 Å². The molecule has 0 radical (unpaired) electrons. The van der Waals surface area contributed by atoms with Gasteiger partial charge in [0.05, 0.1) is 11.1 Å². The van der Waals surface area contributed by atoms with E-state index in [0.29, 0.717) is 30.3 Å². The van der Waals surface area contributed by atoms with Crippen molar-refractivity contribution in [3.8, 4) is 11.5 Å². The molecule has 0 saturated carbocycles. The molecular weight excluding hydrogens is 404 g/mol. The van der Waals surface area contributed by atoms with Gasteiger partial charge >= 0.3 is 0 Å². The van der Waals surface area contributed by atoms with E-state index in [1.165, 1.54) is 0 Å². The SMILES string of the molecule is CC(C)O.O=C1C(=Cc2ccccc2)Oc2c1ccc1c2CN(Cc2cccnc2)CO1. The smallest absolute Gasteiger partial charge is 0.231 e. The third-order valence-corrected chi connectivity index (χ3v) is 4.91. The van der Waals surface area contributed by atoms with Gasteiger partial charge in [-0.3, -0.25) is 14.7 Å². The molecule has 3 aromatic rings. The maximum absolute atomic E-state index is 12.8. The number of ether oxygens (including phenoxy) is 2. The van der Waals surface area contributed by atoms with Gasteiger partial charge in [-0.05, 0) is 49.2 Å². The van der Waals surface area contributed by atoms with E-state index in [-0.39, 0.29) is 11.9 Å². The number of allylic oxidation sites excluding steroid dienone is 1. The van der Waals surface area contributed by atoms with Crippen molar-refractivity contribution < 1.29 is 19.4 Å². The summed E-state index contributed by atoms with van der Waals surface area (Å²) in [5.41, 5.74) is 3.55. The molecule has 0 fully saturated rings. The van der Waals surface area contributed by atoms with E-state index >= 15 is 0 Å². The Morgan fingerprint density at radius 3 is 2.62 bits per heavy atom. The van der Waals surface area contributed by atoms with Gasteiger partial charge < -0.3 is 14.6 Å². The maximum Gasteiger partial charge on any atom is 0.231 e. The minimum Gasteiger partial charge on any atom is -0.478 e. The molecule has 0 saturated heterocycles. The topological polar surface area (TPSA) is 71.9 Å². The molecule has 164 valence electrons. The molecule has 0 bridgehead atoms. The Balaban J connectivity index is 0.000000567. The van der Waals surface area contributed by atoms with E-state index in [9.17, 15) is 4.79 Å². The van der Waals surface area contributed by atoms with Crippen LogP contribution in [0.4, 0.5) is 0 Å². The van der Waals surface area contributed by atoms with Crippen LogP contribution in [0.3, 0.4) is 0 Å². The fourth-order valence-corrected chi connectivity index (χ4v) is 3.56. The summed E-state index contributed by atoms with van der Waals surface area (Å²) in [5, 5.41) is 8.06. The van der Waals surface area contributed by atoms with Crippen LogP contribution in [0.15, 0.2) is 72.8 Å². The molecule has 0 spiro atoms. The average Bonchev–Trinajstić information content (AvgIpc) is 3.10. The Morgan fingerprint density at radius 1 is 1.12 bits per heavy atom. The van der Waals surface area contributed by atoms with Crippen LogP contribution < -0.4 is 9.47 Å². The molecule has 2 aliphatic heterocycles. The number of aliphatic hydroxyl groups excluding tert-OH is 1. The number of Topliss-reactive ketones (excluding diaryl/α,β-unsaturated/α-hetero) is 1.